The lowest BCUT2D eigenvalue weighted by Crippen LogP contribution is -2.33. The zero-order valence-electron chi connectivity index (χ0n) is 18.7. The van der Waals surface area contributed by atoms with Crippen LogP contribution in [-0.2, 0) is 6.54 Å². The number of rotatable bonds is 5. The minimum atomic E-state index is -0.875. The fraction of sp³-hybridized carbons (Fsp3) is 0.200. The molecule has 0 fully saturated rings. The molecule has 0 spiro atoms. The number of benzene rings is 2. The zero-order valence-corrected chi connectivity index (χ0v) is 20.2. The van der Waals surface area contributed by atoms with E-state index < -0.39 is 5.92 Å². The second-order valence-electron chi connectivity index (χ2n) is 7.70. The summed E-state index contributed by atoms with van der Waals surface area (Å²) in [6, 6.07) is 14.2. The molecular formula is C25H21Cl2N3O4. The molecule has 1 aliphatic heterocycles. The number of fused-ring (bicyclic) bond motifs is 1. The topological polar surface area (TPSA) is 99.5 Å². The Morgan fingerprint density at radius 1 is 1.09 bits per heavy atom. The van der Waals surface area contributed by atoms with Gasteiger partial charge in [0.1, 0.15) is 17.4 Å². The summed E-state index contributed by atoms with van der Waals surface area (Å²) in [5, 5.41) is 10.5. The van der Waals surface area contributed by atoms with Gasteiger partial charge in [-0.3, -0.25) is 4.79 Å². The summed E-state index contributed by atoms with van der Waals surface area (Å²) >= 11 is 13.0. The first-order valence-corrected chi connectivity index (χ1v) is 11.0. The van der Waals surface area contributed by atoms with Crippen molar-refractivity contribution in [3.05, 3.63) is 96.7 Å². The first-order chi connectivity index (χ1) is 16.3. The van der Waals surface area contributed by atoms with Crippen molar-refractivity contribution in [2.45, 2.75) is 19.4 Å². The summed E-state index contributed by atoms with van der Waals surface area (Å²) in [5.41, 5.74) is 7.93. The van der Waals surface area contributed by atoms with Gasteiger partial charge in [0.2, 0.25) is 5.88 Å². The van der Waals surface area contributed by atoms with Crippen molar-refractivity contribution in [3.8, 4) is 23.3 Å². The van der Waals surface area contributed by atoms with E-state index >= 15 is 0 Å². The maximum atomic E-state index is 13.9. The van der Waals surface area contributed by atoms with E-state index in [1.165, 1.54) is 0 Å². The van der Waals surface area contributed by atoms with Gasteiger partial charge in [0.05, 0.1) is 32.2 Å². The minimum Gasteiger partial charge on any atom is -0.493 e. The van der Waals surface area contributed by atoms with E-state index in [1.54, 1.807) is 56.0 Å². The summed E-state index contributed by atoms with van der Waals surface area (Å²) in [5.74, 6) is 0.438. The van der Waals surface area contributed by atoms with Crippen molar-refractivity contribution < 1.29 is 14.2 Å². The average molecular weight is 498 g/mol. The van der Waals surface area contributed by atoms with Gasteiger partial charge < -0.3 is 24.5 Å². The van der Waals surface area contributed by atoms with E-state index in [0.717, 1.165) is 5.56 Å². The number of aromatic nitrogens is 1. The van der Waals surface area contributed by atoms with Gasteiger partial charge in [0, 0.05) is 27.4 Å². The lowest BCUT2D eigenvalue weighted by atomic mass is 9.84. The summed E-state index contributed by atoms with van der Waals surface area (Å²) < 4.78 is 18.0. The highest BCUT2D eigenvalue weighted by atomic mass is 35.5. The van der Waals surface area contributed by atoms with Gasteiger partial charge in [-0.1, -0.05) is 35.3 Å². The number of nitrogens with two attached hydrogens (primary N) is 1. The van der Waals surface area contributed by atoms with Crippen molar-refractivity contribution in [2.24, 2.45) is 5.73 Å². The van der Waals surface area contributed by atoms with Crippen LogP contribution < -0.4 is 25.5 Å². The molecule has 0 bridgehead atoms. The Kier molecular flexibility index (Phi) is 6.47. The number of allylic oxidation sites excluding steroid dienone is 1. The van der Waals surface area contributed by atoms with Gasteiger partial charge in [-0.25, -0.2) is 0 Å². The molecule has 0 saturated heterocycles. The van der Waals surface area contributed by atoms with Crippen LogP contribution in [0, 0.1) is 18.3 Å². The molecule has 2 N–H and O–H groups in total. The van der Waals surface area contributed by atoms with Crippen molar-refractivity contribution >= 4 is 23.2 Å². The van der Waals surface area contributed by atoms with Crippen LogP contribution in [0.2, 0.25) is 10.0 Å². The van der Waals surface area contributed by atoms with Crippen LogP contribution in [0.15, 0.2) is 58.7 Å². The Bertz CT molecular complexity index is 1400. The second kappa shape index (κ2) is 9.34. The predicted molar refractivity (Wildman–Crippen MR) is 130 cm³/mol. The molecule has 0 saturated carbocycles. The highest BCUT2D eigenvalue weighted by Crippen LogP contribution is 2.45. The number of hydrogen-bond acceptors (Lipinski definition) is 6. The molecule has 0 radical (unpaired) electrons. The number of methoxy groups -OCH3 is 2. The Balaban J connectivity index is 1.92. The molecule has 34 heavy (non-hydrogen) atoms. The second-order valence-corrected chi connectivity index (χ2v) is 8.52. The van der Waals surface area contributed by atoms with Crippen LogP contribution in [0.3, 0.4) is 0 Å². The maximum absolute atomic E-state index is 13.9. The summed E-state index contributed by atoms with van der Waals surface area (Å²) in [6.45, 7) is 2.05. The van der Waals surface area contributed by atoms with Gasteiger partial charge in [-0.2, -0.15) is 5.26 Å². The van der Waals surface area contributed by atoms with Gasteiger partial charge in [-0.15, -0.1) is 0 Å². The number of ether oxygens (including phenoxy) is 3. The standard InChI is InChI=1S/C25H21Cl2N3O4/c1-13-9-20-23(25(31)30(13)12-14-7-8-18(32-2)19(10-14)33-3)21(15(11-28)24(29)34-20)22-16(26)5-4-6-17(22)27/h4-10,21H,12,29H2,1-3H3/t21-/m0/s1. The van der Waals surface area contributed by atoms with Crippen LogP contribution >= 0.6 is 23.2 Å². The first kappa shape index (κ1) is 23.6. The number of halogens is 2. The maximum Gasteiger partial charge on any atom is 0.259 e. The number of nitrogens with zero attached hydrogens (tertiary/aromatic N) is 2. The molecule has 0 amide bonds. The fourth-order valence-electron chi connectivity index (χ4n) is 4.12. The van der Waals surface area contributed by atoms with Crippen LogP contribution in [0.25, 0.3) is 0 Å². The quantitative estimate of drug-likeness (QED) is 0.545. The molecule has 3 aromatic rings. The molecule has 4 rings (SSSR count). The van der Waals surface area contributed by atoms with Crippen LogP contribution in [-0.4, -0.2) is 18.8 Å². The molecule has 2 aromatic carbocycles. The number of pyridine rings is 1. The van der Waals surface area contributed by atoms with E-state index in [1.807, 2.05) is 12.1 Å². The molecule has 7 nitrogen and oxygen atoms in total. The number of nitriles is 1. The molecular weight excluding hydrogens is 477 g/mol. The third-order valence-electron chi connectivity index (χ3n) is 5.77. The van der Waals surface area contributed by atoms with Crippen LogP contribution in [0.4, 0.5) is 0 Å². The Morgan fingerprint density at radius 3 is 2.38 bits per heavy atom. The minimum absolute atomic E-state index is 0.0705. The summed E-state index contributed by atoms with van der Waals surface area (Å²) in [7, 11) is 3.11. The van der Waals surface area contributed by atoms with Gasteiger partial charge >= 0.3 is 0 Å². The molecule has 0 aliphatic carbocycles. The SMILES string of the molecule is COc1ccc(Cn2c(C)cc3c(c2=O)[C@H](c2c(Cl)cccc2Cl)C(C#N)=C(N)O3)cc1OC. The zero-order chi connectivity index (χ0) is 24.6. The molecule has 1 aromatic heterocycles. The molecule has 1 aliphatic rings. The van der Waals surface area contributed by atoms with Crippen molar-refractivity contribution in [2.75, 3.05) is 14.2 Å². The van der Waals surface area contributed by atoms with Crippen molar-refractivity contribution in [1.29, 1.82) is 5.26 Å². The van der Waals surface area contributed by atoms with E-state index in [-0.39, 0.29) is 34.9 Å². The van der Waals surface area contributed by atoms with E-state index in [0.29, 0.717) is 32.8 Å². The number of hydrogen-bond donors (Lipinski definition) is 1. The normalized spacial score (nSPS) is 14.8. The van der Waals surface area contributed by atoms with Crippen LogP contribution in [0.1, 0.15) is 28.3 Å². The Morgan fingerprint density at radius 2 is 1.76 bits per heavy atom. The molecule has 0 unspecified atom stereocenters. The summed E-state index contributed by atoms with van der Waals surface area (Å²) in [4.78, 5) is 13.9. The lowest BCUT2D eigenvalue weighted by Gasteiger charge is -2.28. The van der Waals surface area contributed by atoms with Gasteiger partial charge in [0.25, 0.3) is 5.56 Å². The smallest absolute Gasteiger partial charge is 0.259 e. The van der Waals surface area contributed by atoms with Crippen molar-refractivity contribution in [3.63, 3.8) is 0 Å². The Labute approximate surface area is 206 Å². The third kappa shape index (κ3) is 3.96. The van der Waals surface area contributed by atoms with Crippen molar-refractivity contribution in [1.82, 2.24) is 4.57 Å². The third-order valence-corrected chi connectivity index (χ3v) is 6.43. The first-order valence-electron chi connectivity index (χ1n) is 10.3. The van der Waals surface area contributed by atoms with E-state index in [9.17, 15) is 10.1 Å². The summed E-state index contributed by atoms with van der Waals surface area (Å²) in [6.07, 6.45) is 0. The Hall–Kier alpha value is -3.60. The largest absolute Gasteiger partial charge is 0.493 e. The highest BCUT2D eigenvalue weighted by Gasteiger charge is 2.36. The molecule has 2 heterocycles. The average Bonchev–Trinajstić information content (AvgIpc) is 2.81. The van der Waals surface area contributed by atoms with Gasteiger partial charge in [0.15, 0.2) is 11.5 Å². The van der Waals surface area contributed by atoms with E-state index in [2.05, 4.69) is 6.07 Å². The molecule has 1 atom stereocenters. The lowest BCUT2D eigenvalue weighted by molar-refractivity contribution is 0.354. The monoisotopic (exact) mass is 497 g/mol. The van der Waals surface area contributed by atoms with E-state index in [4.69, 9.17) is 43.1 Å². The molecule has 174 valence electrons. The molecule has 9 heteroatoms. The fourth-order valence-corrected chi connectivity index (χ4v) is 4.74. The highest BCUT2D eigenvalue weighted by molar-refractivity contribution is 6.36. The predicted octanol–water partition coefficient (Wildman–Crippen LogP) is 4.75. The number of aryl methyl sites for hydroxylation is 1. The van der Waals surface area contributed by atoms with Gasteiger partial charge in [-0.05, 0) is 36.8 Å². The van der Waals surface area contributed by atoms with Crippen LogP contribution in [0.5, 0.6) is 17.2 Å².